The van der Waals surface area contributed by atoms with Gasteiger partial charge < -0.3 is 15.7 Å². The predicted molar refractivity (Wildman–Crippen MR) is 39.0 cm³/mol. The Morgan fingerprint density at radius 1 is 1.82 bits per heavy atom. The second kappa shape index (κ2) is 3.36. The zero-order chi connectivity index (χ0) is 8.27. The summed E-state index contributed by atoms with van der Waals surface area (Å²) in [5, 5.41) is 13.9. The molecule has 1 heterocycles. The molecule has 0 aromatic heterocycles. The van der Waals surface area contributed by atoms with Crippen LogP contribution in [0.1, 0.15) is 6.42 Å². The molecule has 0 amide bonds. The van der Waals surface area contributed by atoms with Crippen molar-refractivity contribution in [3.63, 3.8) is 0 Å². The number of aliphatic hydroxyl groups excluding tert-OH is 1. The van der Waals surface area contributed by atoms with Crippen molar-refractivity contribution in [3.05, 3.63) is 11.9 Å². The maximum Gasteiger partial charge on any atom is 0.182 e. The number of carbonyl (C=O) groups excluding carboxylic acids is 1. The molecule has 1 aliphatic rings. The van der Waals surface area contributed by atoms with Crippen molar-refractivity contribution < 1.29 is 9.90 Å². The van der Waals surface area contributed by atoms with Crippen LogP contribution in [0.5, 0.6) is 0 Å². The van der Waals surface area contributed by atoms with Gasteiger partial charge in [0.25, 0.3) is 0 Å². The summed E-state index contributed by atoms with van der Waals surface area (Å²) in [6.45, 7) is -0.132. The van der Waals surface area contributed by atoms with Gasteiger partial charge in [-0.3, -0.25) is 10.5 Å². The van der Waals surface area contributed by atoms with Crippen molar-refractivity contribution in [2.45, 2.75) is 12.7 Å². The third-order valence-corrected chi connectivity index (χ3v) is 1.36. The molecule has 1 aliphatic heterocycles. The van der Waals surface area contributed by atoms with E-state index in [1.165, 1.54) is 6.20 Å². The van der Waals surface area contributed by atoms with Crippen LogP contribution < -0.4 is 16.4 Å². The Bertz CT molecular complexity index is 190. The van der Waals surface area contributed by atoms with Gasteiger partial charge in [0.1, 0.15) is 6.29 Å². The Hall–Kier alpha value is -1.07. The Labute approximate surface area is 64.3 Å². The fourth-order valence-corrected chi connectivity index (χ4v) is 0.821. The van der Waals surface area contributed by atoms with Crippen molar-refractivity contribution in [2.75, 3.05) is 6.61 Å². The fraction of sp³-hybridized carbons (Fsp3) is 0.500. The summed E-state index contributed by atoms with van der Waals surface area (Å²) >= 11 is 0. The number of aliphatic hydroxyl groups is 1. The van der Waals surface area contributed by atoms with E-state index in [9.17, 15) is 4.79 Å². The number of nitrogens with one attached hydrogen (secondary N) is 2. The minimum atomic E-state index is -0.382. The highest BCUT2D eigenvalue weighted by Gasteiger charge is 2.15. The Morgan fingerprint density at radius 3 is 3.00 bits per heavy atom. The second-order valence-corrected chi connectivity index (χ2v) is 2.24. The van der Waals surface area contributed by atoms with Crippen LogP contribution >= 0.6 is 0 Å². The summed E-state index contributed by atoms with van der Waals surface area (Å²) < 4.78 is 0. The van der Waals surface area contributed by atoms with E-state index in [2.05, 4.69) is 10.6 Å². The molecule has 0 radical (unpaired) electrons. The standard InChI is InChI=1S/C6H11N3O2/c7-6-8-3-4(9-6)5(11)1-2-10/h3,6,8-10H,1-2,7H2. The minimum absolute atomic E-state index is 0.132. The molecule has 0 spiro atoms. The van der Waals surface area contributed by atoms with Crippen LogP contribution in [0.2, 0.25) is 0 Å². The zero-order valence-electron chi connectivity index (χ0n) is 6.00. The number of hydrogen-bond donors (Lipinski definition) is 4. The lowest BCUT2D eigenvalue weighted by Gasteiger charge is -2.05. The highest BCUT2D eigenvalue weighted by atomic mass is 16.3. The molecular formula is C6H11N3O2. The van der Waals surface area contributed by atoms with E-state index in [4.69, 9.17) is 10.8 Å². The van der Waals surface area contributed by atoms with Gasteiger partial charge in [-0.1, -0.05) is 0 Å². The van der Waals surface area contributed by atoms with E-state index in [0.717, 1.165) is 0 Å². The lowest BCUT2D eigenvalue weighted by molar-refractivity contribution is -0.116. The van der Waals surface area contributed by atoms with Crippen molar-refractivity contribution in [1.29, 1.82) is 0 Å². The summed E-state index contributed by atoms with van der Waals surface area (Å²) in [5.74, 6) is -0.132. The first-order valence-corrected chi connectivity index (χ1v) is 3.36. The molecule has 0 aliphatic carbocycles. The molecule has 0 saturated carbocycles. The molecule has 0 aromatic rings. The predicted octanol–water partition coefficient (Wildman–Crippen LogP) is -1.79. The van der Waals surface area contributed by atoms with E-state index >= 15 is 0 Å². The maximum atomic E-state index is 11.0. The maximum absolute atomic E-state index is 11.0. The quantitative estimate of drug-likeness (QED) is 0.389. The molecule has 62 valence electrons. The molecule has 5 nitrogen and oxygen atoms in total. The van der Waals surface area contributed by atoms with Gasteiger partial charge in [0.2, 0.25) is 0 Å². The van der Waals surface area contributed by atoms with Crippen molar-refractivity contribution >= 4 is 5.78 Å². The van der Waals surface area contributed by atoms with Crippen LogP contribution in [0, 0.1) is 0 Å². The largest absolute Gasteiger partial charge is 0.396 e. The molecule has 5 N–H and O–H groups in total. The van der Waals surface area contributed by atoms with E-state index in [1.54, 1.807) is 0 Å². The van der Waals surface area contributed by atoms with Gasteiger partial charge >= 0.3 is 0 Å². The summed E-state index contributed by atoms with van der Waals surface area (Å²) in [7, 11) is 0. The number of nitrogens with two attached hydrogens (primary N) is 1. The molecule has 1 rings (SSSR count). The third kappa shape index (κ3) is 1.92. The van der Waals surface area contributed by atoms with Gasteiger partial charge in [0.05, 0.1) is 12.3 Å². The lowest BCUT2D eigenvalue weighted by Crippen LogP contribution is -2.41. The van der Waals surface area contributed by atoms with Gasteiger partial charge in [0, 0.05) is 12.6 Å². The lowest BCUT2D eigenvalue weighted by atomic mass is 10.2. The normalized spacial score (nSPS) is 22.0. The summed E-state index contributed by atoms with van der Waals surface area (Å²) in [6.07, 6.45) is 1.27. The SMILES string of the molecule is NC1NC=C(C(=O)CCO)N1. The van der Waals surface area contributed by atoms with Crippen LogP contribution in [0.25, 0.3) is 0 Å². The Kier molecular flexibility index (Phi) is 2.45. The first kappa shape index (κ1) is 8.03. The number of carbonyl (C=O) groups is 1. The zero-order valence-corrected chi connectivity index (χ0v) is 6.00. The van der Waals surface area contributed by atoms with Crippen LogP contribution in [-0.2, 0) is 4.79 Å². The molecule has 0 saturated heterocycles. The average molecular weight is 157 g/mol. The van der Waals surface area contributed by atoms with Crippen molar-refractivity contribution in [1.82, 2.24) is 10.6 Å². The van der Waals surface area contributed by atoms with E-state index in [-0.39, 0.29) is 25.1 Å². The van der Waals surface area contributed by atoms with Gasteiger partial charge in [-0.25, -0.2) is 0 Å². The summed E-state index contributed by atoms with van der Waals surface area (Å²) in [6, 6.07) is 0. The second-order valence-electron chi connectivity index (χ2n) is 2.24. The fourth-order valence-electron chi connectivity index (χ4n) is 0.821. The third-order valence-electron chi connectivity index (χ3n) is 1.36. The van der Waals surface area contributed by atoms with Gasteiger partial charge in [0.15, 0.2) is 5.78 Å². The molecule has 0 fully saturated rings. The first-order valence-electron chi connectivity index (χ1n) is 3.36. The van der Waals surface area contributed by atoms with Crippen molar-refractivity contribution in [2.24, 2.45) is 5.73 Å². The van der Waals surface area contributed by atoms with Gasteiger partial charge in [-0.2, -0.15) is 0 Å². The van der Waals surface area contributed by atoms with E-state index in [0.29, 0.717) is 5.70 Å². The highest BCUT2D eigenvalue weighted by molar-refractivity contribution is 5.95. The molecule has 0 bridgehead atoms. The van der Waals surface area contributed by atoms with E-state index < -0.39 is 0 Å². The highest BCUT2D eigenvalue weighted by Crippen LogP contribution is 1.99. The van der Waals surface area contributed by atoms with Gasteiger partial charge in [-0.15, -0.1) is 0 Å². The number of rotatable bonds is 3. The minimum Gasteiger partial charge on any atom is -0.396 e. The van der Waals surface area contributed by atoms with Crippen LogP contribution in [0.3, 0.4) is 0 Å². The topological polar surface area (TPSA) is 87.4 Å². The molecular weight excluding hydrogens is 146 g/mol. The van der Waals surface area contributed by atoms with Crippen LogP contribution in [-0.4, -0.2) is 23.8 Å². The van der Waals surface area contributed by atoms with Gasteiger partial charge in [-0.05, 0) is 0 Å². The van der Waals surface area contributed by atoms with Crippen molar-refractivity contribution in [3.8, 4) is 0 Å². The molecule has 1 atom stereocenters. The monoisotopic (exact) mass is 157 g/mol. The van der Waals surface area contributed by atoms with Crippen LogP contribution in [0.15, 0.2) is 11.9 Å². The smallest absolute Gasteiger partial charge is 0.182 e. The summed E-state index contributed by atoms with van der Waals surface area (Å²) in [5.41, 5.74) is 5.81. The molecule has 1 unspecified atom stereocenters. The summed E-state index contributed by atoms with van der Waals surface area (Å²) in [4.78, 5) is 11.0. The first-order chi connectivity index (χ1) is 5.24. The van der Waals surface area contributed by atoms with E-state index in [1.807, 2.05) is 0 Å². The number of Topliss-reactive ketones (excluding diaryl/α,β-unsaturated/α-hetero) is 1. The number of allylic oxidation sites excluding steroid dienone is 1. The molecule has 5 heteroatoms. The molecule has 0 aromatic carbocycles. The average Bonchev–Trinajstić information content (AvgIpc) is 2.36. The molecule has 11 heavy (non-hydrogen) atoms. The number of hydrogen-bond acceptors (Lipinski definition) is 5. The van der Waals surface area contributed by atoms with Crippen LogP contribution in [0.4, 0.5) is 0 Å². The Balaban J connectivity index is 2.43. The Morgan fingerprint density at radius 2 is 2.55 bits per heavy atom. The number of ketones is 1.